The zero-order valence-corrected chi connectivity index (χ0v) is 17.6. The summed E-state index contributed by atoms with van der Waals surface area (Å²) in [6.45, 7) is 7.16. The van der Waals surface area contributed by atoms with Crippen LogP contribution in [0, 0.1) is 5.41 Å². The molecule has 6 nitrogen and oxygen atoms in total. The predicted molar refractivity (Wildman–Crippen MR) is 104 cm³/mol. The van der Waals surface area contributed by atoms with Crippen LogP contribution in [0.25, 0.3) is 0 Å². The van der Waals surface area contributed by atoms with Gasteiger partial charge in [0.2, 0.25) is 5.88 Å². The summed E-state index contributed by atoms with van der Waals surface area (Å²) >= 11 is 0. The molecule has 0 saturated carbocycles. The Kier molecular flexibility index (Phi) is 5.82. The van der Waals surface area contributed by atoms with Gasteiger partial charge in [0.15, 0.2) is 5.78 Å². The van der Waals surface area contributed by atoms with E-state index < -0.39 is 30.1 Å². The maximum atomic E-state index is 13.1. The zero-order chi connectivity index (χ0) is 23.1. The number of ketones is 1. The van der Waals surface area contributed by atoms with Crippen LogP contribution in [-0.4, -0.2) is 24.2 Å². The number of carbonyl (C=O) groups is 2. The van der Waals surface area contributed by atoms with Gasteiger partial charge in [0.05, 0.1) is 12.0 Å². The number of benzene rings is 1. The first-order valence-electron chi connectivity index (χ1n) is 9.78. The molecule has 0 fully saturated rings. The molecule has 0 spiro atoms. The summed E-state index contributed by atoms with van der Waals surface area (Å²) in [5.41, 5.74) is 6.34. The van der Waals surface area contributed by atoms with Crippen LogP contribution in [0.2, 0.25) is 0 Å². The fourth-order valence-corrected chi connectivity index (χ4v) is 3.86. The van der Waals surface area contributed by atoms with Gasteiger partial charge in [0.25, 0.3) is 0 Å². The van der Waals surface area contributed by atoms with Crippen LogP contribution in [-0.2, 0) is 19.1 Å². The van der Waals surface area contributed by atoms with Crippen molar-refractivity contribution in [1.82, 2.24) is 0 Å². The summed E-state index contributed by atoms with van der Waals surface area (Å²) in [4.78, 5) is 25.9. The highest BCUT2D eigenvalue weighted by Crippen LogP contribution is 2.48. The third kappa shape index (κ3) is 5.03. The minimum Gasteiger partial charge on any atom is -0.459 e. The molecule has 1 aliphatic carbocycles. The number of carbonyl (C=O) groups excluding carboxylic acids is 2. The van der Waals surface area contributed by atoms with E-state index in [0.29, 0.717) is 17.7 Å². The number of ether oxygens (including phenoxy) is 3. The summed E-state index contributed by atoms with van der Waals surface area (Å²) in [6, 6.07) is 4.98. The number of hydrogen-bond donors (Lipinski definition) is 1. The number of nitrogens with two attached hydrogens (primary N) is 1. The van der Waals surface area contributed by atoms with E-state index in [-0.39, 0.29) is 34.6 Å². The van der Waals surface area contributed by atoms with Gasteiger partial charge in [-0.2, -0.15) is 0 Å². The second kappa shape index (κ2) is 7.94. The van der Waals surface area contributed by atoms with Crippen molar-refractivity contribution >= 4 is 11.8 Å². The molecule has 1 aromatic carbocycles. The molecule has 1 aromatic rings. The summed E-state index contributed by atoms with van der Waals surface area (Å²) in [5, 5.41) is 0. The SMILES string of the molecule is CC(C)OC(=O)C1=C(N)OC2=C(C(=O)CC(C)(C)C2)C1c1ccc(OC(F)(F)F)cc1. The lowest BCUT2D eigenvalue weighted by Gasteiger charge is -2.38. The molecule has 0 saturated heterocycles. The molecular weight excluding hydrogens is 415 g/mol. The maximum absolute atomic E-state index is 13.1. The fraction of sp³-hybridized carbons (Fsp3) is 0.455. The van der Waals surface area contributed by atoms with E-state index in [2.05, 4.69) is 4.74 Å². The van der Waals surface area contributed by atoms with E-state index in [4.69, 9.17) is 15.2 Å². The van der Waals surface area contributed by atoms with Gasteiger partial charge in [-0.1, -0.05) is 26.0 Å². The van der Waals surface area contributed by atoms with Crippen LogP contribution in [0.1, 0.15) is 52.0 Å². The van der Waals surface area contributed by atoms with Gasteiger partial charge < -0.3 is 19.9 Å². The molecule has 1 heterocycles. The molecule has 31 heavy (non-hydrogen) atoms. The molecule has 0 amide bonds. The second-order valence-electron chi connectivity index (χ2n) is 8.66. The van der Waals surface area contributed by atoms with Crippen LogP contribution < -0.4 is 10.5 Å². The average molecular weight is 439 g/mol. The lowest BCUT2D eigenvalue weighted by molar-refractivity contribution is -0.274. The van der Waals surface area contributed by atoms with Gasteiger partial charge in [0.1, 0.15) is 17.1 Å². The molecule has 1 unspecified atom stereocenters. The summed E-state index contributed by atoms with van der Waals surface area (Å²) in [7, 11) is 0. The number of alkyl halides is 3. The Morgan fingerprint density at radius 3 is 2.35 bits per heavy atom. The van der Waals surface area contributed by atoms with Crippen LogP contribution in [0.5, 0.6) is 5.75 Å². The molecule has 1 aliphatic heterocycles. The monoisotopic (exact) mass is 439 g/mol. The average Bonchev–Trinajstić information content (AvgIpc) is 2.57. The first-order valence-corrected chi connectivity index (χ1v) is 9.78. The normalized spacial score (nSPS) is 21.0. The Labute approximate surface area is 177 Å². The van der Waals surface area contributed by atoms with E-state index in [9.17, 15) is 22.8 Å². The van der Waals surface area contributed by atoms with Gasteiger partial charge in [0, 0.05) is 18.4 Å². The highest BCUT2D eigenvalue weighted by Gasteiger charge is 2.45. The lowest BCUT2D eigenvalue weighted by Crippen LogP contribution is -2.36. The number of Topliss-reactive ketones (excluding diaryl/α,β-unsaturated/α-hetero) is 1. The van der Waals surface area contributed by atoms with Crippen molar-refractivity contribution < 1.29 is 37.0 Å². The van der Waals surface area contributed by atoms with Crippen molar-refractivity contribution in [3.63, 3.8) is 0 Å². The topological polar surface area (TPSA) is 87.9 Å². The smallest absolute Gasteiger partial charge is 0.459 e. The molecule has 0 bridgehead atoms. The summed E-state index contributed by atoms with van der Waals surface area (Å²) in [6.07, 6.45) is -4.63. The minimum atomic E-state index is -4.84. The molecule has 2 N–H and O–H groups in total. The van der Waals surface area contributed by atoms with E-state index >= 15 is 0 Å². The number of rotatable bonds is 4. The van der Waals surface area contributed by atoms with E-state index in [1.807, 2.05) is 13.8 Å². The van der Waals surface area contributed by atoms with Crippen molar-refractivity contribution in [3.8, 4) is 5.75 Å². The summed E-state index contributed by atoms with van der Waals surface area (Å²) in [5.74, 6) is -2.13. The Hall–Kier alpha value is -2.97. The third-order valence-corrected chi connectivity index (χ3v) is 4.96. The quantitative estimate of drug-likeness (QED) is 0.697. The van der Waals surface area contributed by atoms with Crippen LogP contribution in [0.3, 0.4) is 0 Å². The first kappa shape index (κ1) is 22.7. The van der Waals surface area contributed by atoms with Crippen molar-refractivity contribution in [2.45, 2.75) is 58.9 Å². The molecule has 3 rings (SSSR count). The first-order chi connectivity index (χ1) is 14.3. The third-order valence-electron chi connectivity index (χ3n) is 4.96. The van der Waals surface area contributed by atoms with Gasteiger partial charge in [-0.3, -0.25) is 4.79 Å². The molecule has 0 radical (unpaired) electrons. The van der Waals surface area contributed by atoms with Gasteiger partial charge in [-0.05, 0) is 37.0 Å². The largest absolute Gasteiger partial charge is 0.573 e. The van der Waals surface area contributed by atoms with Crippen LogP contribution in [0.4, 0.5) is 13.2 Å². The Balaban J connectivity index is 2.09. The van der Waals surface area contributed by atoms with E-state index in [1.165, 1.54) is 12.1 Å². The van der Waals surface area contributed by atoms with Crippen LogP contribution in [0.15, 0.2) is 47.1 Å². The number of halogens is 3. The maximum Gasteiger partial charge on any atom is 0.573 e. The van der Waals surface area contributed by atoms with E-state index in [1.54, 1.807) is 13.8 Å². The summed E-state index contributed by atoms with van der Waals surface area (Å²) < 4.78 is 52.4. The van der Waals surface area contributed by atoms with Gasteiger partial charge in [-0.15, -0.1) is 13.2 Å². The minimum absolute atomic E-state index is 0.0509. The standard InChI is InChI=1S/C22H24F3NO5/c1-11(2)29-20(28)18-16(12-5-7-13(8-6-12)31-22(23,24)25)17-14(27)9-21(3,4)10-15(17)30-19(18)26/h5-8,11,16H,9-10,26H2,1-4H3. The molecule has 0 aromatic heterocycles. The van der Waals surface area contributed by atoms with Gasteiger partial charge >= 0.3 is 12.3 Å². The number of allylic oxidation sites excluding steroid dienone is 2. The number of hydrogen-bond acceptors (Lipinski definition) is 6. The lowest BCUT2D eigenvalue weighted by atomic mass is 9.70. The molecular formula is C22H24F3NO5. The highest BCUT2D eigenvalue weighted by molar-refractivity contribution is 6.03. The van der Waals surface area contributed by atoms with Crippen molar-refractivity contribution in [1.29, 1.82) is 0 Å². The Morgan fingerprint density at radius 1 is 1.19 bits per heavy atom. The predicted octanol–water partition coefficient (Wildman–Crippen LogP) is 4.46. The van der Waals surface area contributed by atoms with Crippen molar-refractivity contribution in [2.24, 2.45) is 11.1 Å². The Morgan fingerprint density at radius 2 is 1.81 bits per heavy atom. The molecule has 1 atom stereocenters. The van der Waals surface area contributed by atoms with Crippen molar-refractivity contribution in [3.05, 3.63) is 52.6 Å². The fourth-order valence-electron chi connectivity index (χ4n) is 3.86. The molecule has 168 valence electrons. The van der Waals surface area contributed by atoms with E-state index in [0.717, 1.165) is 12.1 Å². The Bertz CT molecular complexity index is 958. The van der Waals surface area contributed by atoms with Gasteiger partial charge in [-0.25, -0.2) is 4.79 Å². The van der Waals surface area contributed by atoms with Crippen molar-refractivity contribution in [2.75, 3.05) is 0 Å². The molecule has 2 aliphatic rings. The molecule has 9 heteroatoms. The zero-order valence-electron chi connectivity index (χ0n) is 17.6. The van der Waals surface area contributed by atoms with Crippen LogP contribution >= 0.6 is 0 Å². The number of esters is 1. The second-order valence-corrected chi connectivity index (χ2v) is 8.66. The highest BCUT2D eigenvalue weighted by atomic mass is 19.4.